The van der Waals surface area contributed by atoms with Gasteiger partial charge in [0, 0.05) is 0 Å². The zero-order chi connectivity index (χ0) is 15.4. The van der Waals surface area contributed by atoms with Crippen LogP contribution in [0.1, 0.15) is 41.5 Å². The van der Waals surface area contributed by atoms with Gasteiger partial charge < -0.3 is 0 Å². The maximum atomic E-state index is 12.7. The third-order valence-electron chi connectivity index (χ3n) is 2.16. The van der Waals surface area contributed by atoms with Crippen molar-refractivity contribution in [1.82, 2.24) is 0 Å². The molecule has 0 aromatic carbocycles. The SMILES string of the molecule is C=C/C(C)=C\C(F)=C(C)C.C=C/C(C)=C\C=C(C)C. The van der Waals surface area contributed by atoms with Crippen LogP contribution in [-0.4, -0.2) is 0 Å². The van der Waals surface area contributed by atoms with Crippen LogP contribution in [0.2, 0.25) is 0 Å². The molecule has 0 heterocycles. The molecule has 0 aliphatic carbocycles. The molecule has 0 radical (unpaired) electrons. The Kier molecular flexibility index (Phi) is 11.9. The summed E-state index contributed by atoms with van der Waals surface area (Å²) >= 11 is 0. The van der Waals surface area contributed by atoms with E-state index in [1.807, 2.05) is 19.9 Å². The molecule has 0 atom stereocenters. The van der Waals surface area contributed by atoms with E-state index in [9.17, 15) is 4.39 Å². The summed E-state index contributed by atoms with van der Waals surface area (Å²) < 4.78 is 12.7. The topological polar surface area (TPSA) is 0 Å². The Balaban J connectivity index is 0. The third kappa shape index (κ3) is 14.3. The predicted octanol–water partition coefficient (Wildman–Crippen LogP) is 6.47. The van der Waals surface area contributed by atoms with Crippen molar-refractivity contribution in [3.63, 3.8) is 0 Å². The lowest BCUT2D eigenvalue weighted by Gasteiger charge is -1.92. The van der Waals surface area contributed by atoms with Crippen LogP contribution in [0.15, 0.2) is 71.7 Å². The first kappa shape index (κ1) is 19.7. The van der Waals surface area contributed by atoms with E-state index in [1.54, 1.807) is 19.9 Å². The van der Waals surface area contributed by atoms with E-state index in [4.69, 9.17) is 0 Å². The van der Waals surface area contributed by atoms with Crippen LogP contribution < -0.4 is 0 Å². The molecule has 1 heteroatoms. The molecule has 106 valence electrons. The summed E-state index contributed by atoms with van der Waals surface area (Å²) in [4.78, 5) is 0. The normalized spacial score (nSPS) is 10.9. The largest absolute Gasteiger partial charge is 0.207 e. The van der Waals surface area contributed by atoms with Crippen LogP contribution in [0.3, 0.4) is 0 Å². The Bertz CT molecular complexity index is 407. The van der Waals surface area contributed by atoms with Crippen LogP contribution in [0.5, 0.6) is 0 Å². The van der Waals surface area contributed by atoms with Gasteiger partial charge in [-0.25, -0.2) is 4.39 Å². The summed E-state index contributed by atoms with van der Waals surface area (Å²) in [7, 11) is 0. The zero-order valence-corrected chi connectivity index (χ0v) is 13.2. The lowest BCUT2D eigenvalue weighted by molar-refractivity contribution is 0.653. The van der Waals surface area contributed by atoms with Crippen molar-refractivity contribution < 1.29 is 4.39 Å². The Morgan fingerprint density at radius 2 is 1.26 bits per heavy atom. The van der Waals surface area contributed by atoms with Crippen LogP contribution >= 0.6 is 0 Å². The number of allylic oxidation sites excluding steroid dienone is 10. The molecule has 0 rings (SSSR count). The second kappa shape index (κ2) is 11.5. The van der Waals surface area contributed by atoms with Gasteiger partial charge in [0.05, 0.1) is 0 Å². The van der Waals surface area contributed by atoms with Gasteiger partial charge in [-0.3, -0.25) is 0 Å². The predicted molar refractivity (Wildman–Crippen MR) is 86.8 cm³/mol. The highest BCUT2D eigenvalue weighted by molar-refractivity contribution is 5.25. The highest BCUT2D eigenvalue weighted by Gasteiger charge is 1.90. The minimum atomic E-state index is -0.169. The van der Waals surface area contributed by atoms with Gasteiger partial charge in [-0.05, 0) is 58.8 Å². The van der Waals surface area contributed by atoms with Gasteiger partial charge in [0.1, 0.15) is 5.83 Å². The summed E-state index contributed by atoms with van der Waals surface area (Å²) in [6.07, 6.45) is 9.09. The van der Waals surface area contributed by atoms with Crippen molar-refractivity contribution in [2.75, 3.05) is 0 Å². The molecule has 0 spiro atoms. The number of rotatable bonds is 4. The molecule has 0 amide bonds. The second-order valence-electron chi connectivity index (χ2n) is 4.80. The van der Waals surface area contributed by atoms with Gasteiger partial charge in [0.15, 0.2) is 0 Å². The van der Waals surface area contributed by atoms with Crippen molar-refractivity contribution in [2.24, 2.45) is 0 Å². The standard InChI is InChI=1S/C9H13F.C9H14/c1-5-8(4)6-9(10)7(2)3;1-5-9(4)7-6-8(2)3/h5-6H,1H2,2-4H3;5-7H,1H2,2-4H3/b8-6-;9-7-. The van der Waals surface area contributed by atoms with Crippen LogP contribution in [0, 0.1) is 0 Å². The van der Waals surface area contributed by atoms with Crippen molar-refractivity contribution in [1.29, 1.82) is 0 Å². The Hall–Kier alpha value is -1.63. The minimum Gasteiger partial charge on any atom is -0.207 e. The van der Waals surface area contributed by atoms with E-state index < -0.39 is 0 Å². The molecule has 0 saturated carbocycles. The van der Waals surface area contributed by atoms with Gasteiger partial charge in [0.25, 0.3) is 0 Å². The van der Waals surface area contributed by atoms with Gasteiger partial charge in [0.2, 0.25) is 0 Å². The van der Waals surface area contributed by atoms with Crippen molar-refractivity contribution >= 4 is 0 Å². The monoisotopic (exact) mass is 262 g/mol. The van der Waals surface area contributed by atoms with E-state index in [1.165, 1.54) is 17.2 Å². The molecule has 0 nitrogen and oxygen atoms in total. The molecule has 19 heavy (non-hydrogen) atoms. The molecular formula is C18H27F. The van der Waals surface area contributed by atoms with Crippen LogP contribution in [0.25, 0.3) is 0 Å². The molecule has 0 unspecified atom stereocenters. The van der Waals surface area contributed by atoms with E-state index >= 15 is 0 Å². The average Bonchev–Trinajstić information content (AvgIpc) is 2.36. The van der Waals surface area contributed by atoms with Crippen molar-refractivity contribution in [3.8, 4) is 0 Å². The number of halogens is 1. The lowest BCUT2D eigenvalue weighted by Crippen LogP contribution is -1.73. The van der Waals surface area contributed by atoms with Crippen molar-refractivity contribution in [2.45, 2.75) is 41.5 Å². The van der Waals surface area contributed by atoms with Gasteiger partial charge in [-0.2, -0.15) is 0 Å². The number of hydrogen-bond donors (Lipinski definition) is 0. The maximum absolute atomic E-state index is 12.7. The second-order valence-corrected chi connectivity index (χ2v) is 4.80. The summed E-state index contributed by atoms with van der Waals surface area (Å²) in [6.45, 7) is 18.6. The molecule has 0 aliphatic heterocycles. The lowest BCUT2D eigenvalue weighted by atomic mass is 10.2. The first-order chi connectivity index (χ1) is 8.74. The van der Waals surface area contributed by atoms with E-state index in [0.717, 1.165) is 5.57 Å². The van der Waals surface area contributed by atoms with E-state index in [0.29, 0.717) is 5.57 Å². The molecule has 0 aliphatic rings. The zero-order valence-electron chi connectivity index (χ0n) is 13.2. The minimum absolute atomic E-state index is 0.169. The summed E-state index contributed by atoms with van der Waals surface area (Å²) in [6, 6.07) is 0. The summed E-state index contributed by atoms with van der Waals surface area (Å²) in [5.74, 6) is -0.169. The summed E-state index contributed by atoms with van der Waals surface area (Å²) in [5, 5.41) is 0. The molecular weight excluding hydrogens is 235 g/mol. The van der Waals surface area contributed by atoms with Crippen LogP contribution in [-0.2, 0) is 0 Å². The molecule has 0 aromatic rings. The molecule has 0 N–H and O–H groups in total. The molecule has 0 fully saturated rings. The van der Waals surface area contributed by atoms with Crippen LogP contribution in [0.4, 0.5) is 4.39 Å². The van der Waals surface area contributed by atoms with E-state index in [2.05, 4.69) is 39.2 Å². The first-order valence-corrected chi connectivity index (χ1v) is 6.32. The fraction of sp³-hybridized carbons (Fsp3) is 0.333. The van der Waals surface area contributed by atoms with Gasteiger partial charge in [-0.15, -0.1) is 0 Å². The van der Waals surface area contributed by atoms with Gasteiger partial charge >= 0.3 is 0 Å². The fourth-order valence-corrected chi connectivity index (χ4v) is 0.769. The molecule has 0 aromatic heterocycles. The Morgan fingerprint density at radius 3 is 1.58 bits per heavy atom. The molecule has 0 bridgehead atoms. The maximum Gasteiger partial charge on any atom is 0.122 e. The van der Waals surface area contributed by atoms with Crippen molar-refractivity contribution in [3.05, 3.63) is 71.7 Å². The third-order valence-corrected chi connectivity index (χ3v) is 2.16. The Morgan fingerprint density at radius 1 is 0.789 bits per heavy atom. The average molecular weight is 262 g/mol. The van der Waals surface area contributed by atoms with Gasteiger partial charge in [-0.1, -0.05) is 48.6 Å². The number of hydrogen-bond acceptors (Lipinski definition) is 0. The van der Waals surface area contributed by atoms with E-state index in [-0.39, 0.29) is 5.83 Å². The fourth-order valence-electron chi connectivity index (χ4n) is 0.769. The smallest absolute Gasteiger partial charge is 0.122 e. The highest BCUT2D eigenvalue weighted by Crippen LogP contribution is 2.09. The molecule has 0 saturated heterocycles. The quantitative estimate of drug-likeness (QED) is 0.509. The highest BCUT2D eigenvalue weighted by atomic mass is 19.1. The summed E-state index contributed by atoms with van der Waals surface area (Å²) in [5.41, 5.74) is 4.06. The first-order valence-electron chi connectivity index (χ1n) is 6.32. The Labute approximate surface area is 118 Å².